The van der Waals surface area contributed by atoms with E-state index in [9.17, 15) is 13.2 Å². The highest BCUT2D eigenvalue weighted by atomic mass is 32.2. The molecule has 0 saturated carbocycles. The van der Waals surface area contributed by atoms with Crippen molar-refractivity contribution < 1.29 is 13.2 Å². The van der Waals surface area contributed by atoms with Gasteiger partial charge in [-0.15, -0.1) is 16.8 Å². The van der Waals surface area contributed by atoms with Gasteiger partial charge >= 0.3 is 0 Å². The molecule has 0 aliphatic carbocycles. The molecular weight excluding hydrogens is 456 g/mol. The fourth-order valence-corrected chi connectivity index (χ4v) is 6.48. The van der Waals surface area contributed by atoms with Crippen LogP contribution in [0.1, 0.15) is 23.7 Å². The Balaban J connectivity index is 1.52. The van der Waals surface area contributed by atoms with Crippen LogP contribution in [0.15, 0.2) is 78.5 Å². The number of hydrogen-bond acceptors (Lipinski definition) is 6. The Kier molecular flexibility index (Phi) is 7.29. The van der Waals surface area contributed by atoms with E-state index in [-0.39, 0.29) is 29.1 Å². The van der Waals surface area contributed by atoms with Gasteiger partial charge in [-0.25, -0.2) is 8.42 Å². The quantitative estimate of drug-likeness (QED) is 0.342. The molecule has 4 rings (SSSR count). The lowest BCUT2D eigenvalue weighted by atomic mass is 10.1. The van der Waals surface area contributed by atoms with E-state index in [1.165, 1.54) is 11.8 Å². The highest BCUT2D eigenvalue weighted by Gasteiger charge is 2.33. The lowest BCUT2D eigenvalue weighted by molar-refractivity contribution is -0.116. The normalized spacial score (nSPS) is 17.0. The SMILES string of the molecule is C=CCn1c(SCC(=O)N(Cc2ccccc2)c2ccccc2)nnc1C1CCS(=O)(=O)C1. The van der Waals surface area contributed by atoms with Gasteiger partial charge in [-0.3, -0.25) is 4.79 Å². The molecule has 1 aliphatic heterocycles. The van der Waals surface area contributed by atoms with Crippen LogP contribution in [0.4, 0.5) is 5.69 Å². The number of amides is 1. The topological polar surface area (TPSA) is 85.2 Å². The number of aromatic nitrogens is 3. The number of anilines is 1. The van der Waals surface area contributed by atoms with Crippen molar-refractivity contribution in [1.29, 1.82) is 0 Å². The molecule has 1 fully saturated rings. The van der Waals surface area contributed by atoms with Gasteiger partial charge in [0.15, 0.2) is 15.0 Å². The van der Waals surface area contributed by atoms with E-state index in [1.807, 2.05) is 65.2 Å². The number of para-hydroxylation sites is 1. The van der Waals surface area contributed by atoms with Crippen LogP contribution in [0.5, 0.6) is 0 Å². The number of allylic oxidation sites excluding steroid dienone is 1. The first-order chi connectivity index (χ1) is 16.0. The maximum atomic E-state index is 13.3. The van der Waals surface area contributed by atoms with Gasteiger partial charge < -0.3 is 9.47 Å². The Morgan fingerprint density at radius 3 is 2.45 bits per heavy atom. The highest BCUT2D eigenvalue weighted by Crippen LogP contribution is 2.30. The molecule has 172 valence electrons. The van der Waals surface area contributed by atoms with Gasteiger partial charge in [0.25, 0.3) is 0 Å². The van der Waals surface area contributed by atoms with E-state index < -0.39 is 9.84 Å². The molecule has 2 heterocycles. The minimum absolute atomic E-state index is 0.0480. The van der Waals surface area contributed by atoms with Crippen molar-refractivity contribution in [3.05, 3.63) is 84.7 Å². The second-order valence-electron chi connectivity index (χ2n) is 7.93. The summed E-state index contributed by atoms with van der Waals surface area (Å²) in [4.78, 5) is 15.1. The average molecular weight is 483 g/mol. The zero-order chi connectivity index (χ0) is 23.3. The van der Waals surface area contributed by atoms with Crippen molar-refractivity contribution in [2.45, 2.75) is 30.6 Å². The maximum Gasteiger partial charge on any atom is 0.237 e. The molecule has 9 heteroatoms. The molecule has 0 bridgehead atoms. The first-order valence-corrected chi connectivity index (χ1v) is 13.5. The summed E-state index contributed by atoms with van der Waals surface area (Å²) in [6.07, 6.45) is 2.27. The molecule has 1 atom stereocenters. The van der Waals surface area contributed by atoms with Crippen LogP contribution in [0, 0.1) is 0 Å². The second kappa shape index (κ2) is 10.4. The molecule has 2 aromatic carbocycles. The number of hydrogen-bond donors (Lipinski definition) is 0. The molecule has 1 aromatic heterocycles. The number of carbonyl (C=O) groups excluding carboxylic acids is 1. The van der Waals surface area contributed by atoms with Gasteiger partial charge in [0.1, 0.15) is 5.82 Å². The van der Waals surface area contributed by atoms with Crippen LogP contribution >= 0.6 is 11.8 Å². The number of carbonyl (C=O) groups is 1. The number of sulfone groups is 1. The van der Waals surface area contributed by atoms with Crippen LogP contribution < -0.4 is 4.90 Å². The maximum absolute atomic E-state index is 13.3. The van der Waals surface area contributed by atoms with Crippen molar-refractivity contribution >= 4 is 33.2 Å². The van der Waals surface area contributed by atoms with Crippen molar-refractivity contribution in [1.82, 2.24) is 14.8 Å². The van der Waals surface area contributed by atoms with Crippen LogP contribution in [0.3, 0.4) is 0 Å². The molecule has 1 amide bonds. The third-order valence-electron chi connectivity index (χ3n) is 5.53. The van der Waals surface area contributed by atoms with E-state index in [2.05, 4.69) is 16.8 Å². The third-order valence-corrected chi connectivity index (χ3v) is 8.25. The summed E-state index contributed by atoms with van der Waals surface area (Å²) in [5, 5.41) is 9.16. The minimum atomic E-state index is -3.04. The lowest BCUT2D eigenvalue weighted by Crippen LogP contribution is -2.32. The molecule has 0 spiro atoms. The van der Waals surface area contributed by atoms with E-state index in [4.69, 9.17) is 0 Å². The first kappa shape index (κ1) is 23.3. The molecule has 3 aromatic rings. The van der Waals surface area contributed by atoms with Crippen molar-refractivity contribution in [2.75, 3.05) is 22.2 Å². The summed E-state index contributed by atoms with van der Waals surface area (Å²) >= 11 is 1.31. The van der Waals surface area contributed by atoms with Gasteiger partial charge in [0.2, 0.25) is 5.91 Å². The number of benzene rings is 2. The Morgan fingerprint density at radius 1 is 1.12 bits per heavy atom. The van der Waals surface area contributed by atoms with Crippen LogP contribution in [-0.4, -0.2) is 46.3 Å². The molecule has 1 unspecified atom stereocenters. The Labute approximate surface area is 198 Å². The van der Waals surface area contributed by atoms with Gasteiger partial charge in [0, 0.05) is 18.2 Å². The van der Waals surface area contributed by atoms with Crippen LogP contribution in [0.2, 0.25) is 0 Å². The Hall–Kier alpha value is -2.91. The zero-order valence-electron chi connectivity index (χ0n) is 18.2. The van der Waals surface area contributed by atoms with E-state index in [0.29, 0.717) is 30.5 Å². The third kappa shape index (κ3) is 5.72. The van der Waals surface area contributed by atoms with Crippen molar-refractivity contribution in [3.8, 4) is 0 Å². The molecule has 1 aliphatic rings. The lowest BCUT2D eigenvalue weighted by Gasteiger charge is -2.23. The Morgan fingerprint density at radius 2 is 1.82 bits per heavy atom. The number of rotatable bonds is 9. The number of thioether (sulfide) groups is 1. The summed E-state index contributed by atoms with van der Waals surface area (Å²) in [7, 11) is -3.04. The van der Waals surface area contributed by atoms with Crippen molar-refractivity contribution in [2.24, 2.45) is 0 Å². The van der Waals surface area contributed by atoms with E-state index in [0.717, 1.165) is 11.3 Å². The Bertz CT molecular complexity index is 1210. The molecule has 1 saturated heterocycles. The van der Waals surface area contributed by atoms with Gasteiger partial charge in [-0.2, -0.15) is 0 Å². The van der Waals surface area contributed by atoms with Crippen LogP contribution in [-0.2, 0) is 27.7 Å². The van der Waals surface area contributed by atoms with Crippen LogP contribution in [0.25, 0.3) is 0 Å². The number of nitrogens with zero attached hydrogens (tertiary/aromatic N) is 4. The van der Waals surface area contributed by atoms with E-state index >= 15 is 0 Å². The van der Waals surface area contributed by atoms with Gasteiger partial charge in [-0.1, -0.05) is 66.4 Å². The molecule has 7 nitrogen and oxygen atoms in total. The summed E-state index contributed by atoms with van der Waals surface area (Å²) < 4.78 is 25.7. The van der Waals surface area contributed by atoms with E-state index in [1.54, 1.807) is 11.0 Å². The molecule has 0 N–H and O–H groups in total. The zero-order valence-corrected chi connectivity index (χ0v) is 19.8. The standard InChI is InChI=1S/C24H26N4O3S2/c1-2-14-27-23(20-13-15-33(30,31)18-20)25-26-24(27)32-17-22(29)28(21-11-7-4-8-12-21)16-19-9-5-3-6-10-19/h2-12,20H,1,13-18H2. The average Bonchev–Trinajstić information content (AvgIpc) is 3.39. The predicted octanol–water partition coefficient (Wildman–Crippen LogP) is 3.69. The minimum Gasteiger partial charge on any atom is -0.307 e. The summed E-state index contributed by atoms with van der Waals surface area (Å²) in [5.41, 5.74) is 1.87. The van der Waals surface area contributed by atoms with Gasteiger partial charge in [-0.05, 0) is 24.1 Å². The summed E-state index contributed by atoms with van der Waals surface area (Å²) in [6.45, 7) is 4.73. The molecule has 33 heavy (non-hydrogen) atoms. The first-order valence-electron chi connectivity index (χ1n) is 10.7. The largest absolute Gasteiger partial charge is 0.307 e. The monoisotopic (exact) mass is 482 g/mol. The van der Waals surface area contributed by atoms with Crippen molar-refractivity contribution in [3.63, 3.8) is 0 Å². The molecule has 0 radical (unpaired) electrons. The predicted molar refractivity (Wildman–Crippen MR) is 131 cm³/mol. The summed E-state index contributed by atoms with van der Waals surface area (Å²) in [6, 6.07) is 19.5. The highest BCUT2D eigenvalue weighted by molar-refractivity contribution is 7.99. The van der Waals surface area contributed by atoms with Gasteiger partial charge in [0.05, 0.1) is 23.8 Å². The fourth-order valence-electron chi connectivity index (χ4n) is 3.91. The second-order valence-corrected chi connectivity index (χ2v) is 11.1. The summed E-state index contributed by atoms with van der Waals surface area (Å²) in [5.74, 6) is 0.866. The fraction of sp³-hybridized carbons (Fsp3) is 0.292. The molecular formula is C24H26N4O3S2. The smallest absolute Gasteiger partial charge is 0.237 e.